The molecular weight excluding hydrogens is 807 g/mol. The number of benzene rings is 2. The molecule has 2 aliphatic carbocycles. The van der Waals surface area contributed by atoms with Crippen molar-refractivity contribution in [2.24, 2.45) is 0 Å². The molecule has 0 aromatic heterocycles. The summed E-state index contributed by atoms with van der Waals surface area (Å²) in [4.78, 5) is 41.8. The molecule has 63 heavy (non-hydrogen) atoms. The maximum atomic E-state index is 14.1. The van der Waals surface area contributed by atoms with Gasteiger partial charge in [-0.2, -0.15) is 11.8 Å². The van der Waals surface area contributed by atoms with Crippen LogP contribution in [0.5, 0.6) is 0 Å². The van der Waals surface area contributed by atoms with E-state index in [9.17, 15) is 24.6 Å². The van der Waals surface area contributed by atoms with Gasteiger partial charge in [-0.25, -0.2) is 4.79 Å². The van der Waals surface area contributed by atoms with Crippen LogP contribution in [0.3, 0.4) is 0 Å². The normalized spacial score (nSPS) is 14.8. The number of unbranched alkanes of at least 4 members (excludes halogenated alkanes) is 21. The summed E-state index contributed by atoms with van der Waals surface area (Å²) in [5.41, 5.74) is 3.59. The second-order valence-corrected chi connectivity index (χ2v) is 19.7. The molecule has 4 rings (SSSR count). The highest BCUT2D eigenvalue weighted by molar-refractivity contribution is 7.99. The minimum Gasteiger partial charge on any atom is -0.465 e. The minimum absolute atomic E-state index is 0.0160. The number of rotatable bonds is 38. The average molecular weight is 892 g/mol. The number of aliphatic hydroxyl groups is 1. The second kappa shape index (κ2) is 30.9. The Morgan fingerprint density at radius 3 is 1.65 bits per heavy atom. The number of carboxylic acid groups (broad SMARTS) is 1. The lowest BCUT2D eigenvalue weighted by atomic mass is 9.96. The Morgan fingerprint density at radius 1 is 0.698 bits per heavy atom. The summed E-state index contributed by atoms with van der Waals surface area (Å²) < 4.78 is 6.20. The first-order valence-electron chi connectivity index (χ1n) is 25.4. The van der Waals surface area contributed by atoms with Crippen molar-refractivity contribution in [3.8, 4) is 11.1 Å². The molecule has 2 aromatic rings. The van der Waals surface area contributed by atoms with Crippen molar-refractivity contribution in [2.45, 2.75) is 204 Å². The van der Waals surface area contributed by atoms with Gasteiger partial charge in [0.2, 0.25) is 11.8 Å². The van der Waals surface area contributed by atoms with Gasteiger partial charge in [-0.1, -0.05) is 197 Å². The van der Waals surface area contributed by atoms with Crippen molar-refractivity contribution in [2.75, 3.05) is 37.9 Å². The molecule has 2 aromatic carbocycles. The molecule has 10 heteroatoms. The van der Waals surface area contributed by atoms with Crippen LogP contribution in [0.2, 0.25) is 0 Å². The first-order chi connectivity index (χ1) is 30.8. The van der Waals surface area contributed by atoms with Gasteiger partial charge in [0.1, 0.15) is 6.04 Å². The van der Waals surface area contributed by atoms with E-state index >= 15 is 0 Å². The van der Waals surface area contributed by atoms with Crippen molar-refractivity contribution in [1.29, 1.82) is 0 Å². The first-order valence-corrected chi connectivity index (χ1v) is 26.5. The van der Waals surface area contributed by atoms with Gasteiger partial charge >= 0.3 is 6.09 Å². The van der Waals surface area contributed by atoms with Crippen LogP contribution >= 0.6 is 11.8 Å². The Labute approximate surface area is 386 Å². The number of aliphatic hydroxyl groups excluding tert-OH is 1. The van der Waals surface area contributed by atoms with E-state index in [4.69, 9.17) is 4.74 Å². The highest BCUT2D eigenvalue weighted by Crippen LogP contribution is 2.45. The number of carbonyl (C=O) groups excluding carboxylic acids is 2. The number of hydrogen-bond donors (Lipinski definition) is 4. The van der Waals surface area contributed by atoms with E-state index in [1.54, 1.807) is 0 Å². The summed E-state index contributed by atoms with van der Waals surface area (Å²) in [7, 11) is 0. The maximum Gasteiger partial charge on any atom is 0.408 e. The van der Waals surface area contributed by atoms with Crippen molar-refractivity contribution in [3.05, 3.63) is 59.7 Å². The van der Waals surface area contributed by atoms with Crippen LogP contribution in [0.15, 0.2) is 48.5 Å². The second-order valence-electron chi connectivity index (χ2n) is 18.7. The number of carbonyl (C=O) groups is 3. The molecule has 1 saturated carbocycles. The average Bonchev–Trinajstić information content (AvgIpc) is 3.99. The molecule has 0 radical (unpaired) electrons. The van der Waals surface area contributed by atoms with Crippen LogP contribution in [0.4, 0.5) is 4.79 Å². The summed E-state index contributed by atoms with van der Waals surface area (Å²) in [6.45, 7) is 5.46. The van der Waals surface area contributed by atoms with Gasteiger partial charge in [-0.3, -0.25) is 14.5 Å². The summed E-state index contributed by atoms with van der Waals surface area (Å²) in [5.74, 6) is 0.0927. The third-order valence-corrected chi connectivity index (χ3v) is 14.4. The lowest BCUT2D eigenvalue weighted by Gasteiger charge is -2.32. The zero-order chi connectivity index (χ0) is 45.0. The summed E-state index contributed by atoms with van der Waals surface area (Å²) in [5, 5.41) is 27.1. The van der Waals surface area contributed by atoms with Crippen LogP contribution < -0.4 is 10.6 Å². The molecule has 0 unspecified atom stereocenters. The van der Waals surface area contributed by atoms with E-state index < -0.39 is 23.6 Å². The highest BCUT2D eigenvalue weighted by atomic mass is 32.2. The number of hydrogen-bond acceptors (Lipinski definition) is 6. The number of nitrogens with one attached hydrogen (secondary N) is 2. The van der Waals surface area contributed by atoms with E-state index in [1.807, 2.05) is 24.3 Å². The molecular formula is C53H85N3O6S. The van der Waals surface area contributed by atoms with Crippen molar-refractivity contribution in [3.63, 3.8) is 0 Å². The molecule has 0 saturated heterocycles. The van der Waals surface area contributed by atoms with E-state index in [0.29, 0.717) is 38.2 Å². The van der Waals surface area contributed by atoms with Crippen molar-refractivity contribution < 1.29 is 29.3 Å². The predicted molar refractivity (Wildman–Crippen MR) is 262 cm³/mol. The van der Waals surface area contributed by atoms with Crippen molar-refractivity contribution in [1.82, 2.24) is 15.5 Å². The van der Waals surface area contributed by atoms with Gasteiger partial charge in [-0.15, -0.1) is 0 Å². The van der Waals surface area contributed by atoms with Gasteiger partial charge in [0.05, 0.1) is 24.8 Å². The summed E-state index contributed by atoms with van der Waals surface area (Å²) >= 11 is 1.48. The number of thioether (sulfide) groups is 1. The summed E-state index contributed by atoms with van der Waals surface area (Å²) in [6, 6.07) is 14.9. The molecule has 0 spiro atoms. The van der Waals surface area contributed by atoms with Crippen LogP contribution in [0.1, 0.15) is 198 Å². The first kappa shape index (κ1) is 52.5. The fraction of sp³-hybridized carbons (Fsp3) is 0.717. The molecule has 0 aliphatic heterocycles. The van der Waals surface area contributed by atoms with Crippen LogP contribution in [0, 0.1) is 0 Å². The standard InChI is InChI=1S/C53H85N3O6S/c1-3-5-7-9-11-13-14-15-16-17-19-21-23-29-37-62-39-43(54-50(58)34-24-22-20-18-12-10-8-6-4-2)40-63-41-49(51(59)55-53(42-57)35-36-53)56(52(60)61)38-48-46-32-27-25-30-44(46)45-31-26-28-33-47(45)48/h25-28,30-33,43,48-49,57H,3-24,29,34-42H2,1-2H3,(H,54,58)(H,55,59)(H,60,61)/t43-,49+/m1/s1. The minimum atomic E-state index is -1.16. The maximum absolute atomic E-state index is 14.1. The van der Waals surface area contributed by atoms with E-state index in [2.05, 4.69) is 48.7 Å². The fourth-order valence-corrected chi connectivity index (χ4v) is 10.2. The SMILES string of the molecule is CCCCCCCCCCCCCCCCOC[C@H](CSC[C@@H](C(=O)NC1(CO)CC1)N(CC1c2ccccc2-c2ccccc21)C(=O)O)NC(=O)CCCCCCCCCCC. The fourth-order valence-electron chi connectivity index (χ4n) is 9.09. The Balaban J connectivity index is 1.30. The lowest BCUT2D eigenvalue weighted by molar-refractivity contribution is -0.126. The molecule has 2 atom stereocenters. The van der Waals surface area contributed by atoms with Gasteiger partial charge in [-0.05, 0) is 47.9 Å². The Kier molecular flexibility index (Phi) is 25.8. The molecule has 3 amide bonds. The number of fused-ring (bicyclic) bond motifs is 3. The number of amides is 3. The van der Waals surface area contributed by atoms with E-state index in [1.165, 1.54) is 132 Å². The molecule has 0 bridgehead atoms. The third kappa shape index (κ3) is 19.5. The van der Waals surface area contributed by atoms with Crippen LogP contribution in [-0.4, -0.2) is 88.5 Å². The zero-order valence-electron chi connectivity index (χ0n) is 39.4. The van der Waals surface area contributed by atoms with E-state index in [-0.39, 0.29) is 36.8 Å². The van der Waals surface area contributed by atoms with Crippen molar-refractivity contribution >= 4 is 29.7 Å². The molecule has 4 N–H and O–H groups in total. The monoisotopic (exact) mass is 892 g/mol. The van der Waals surface area contributed by atoms with E-state index in [0.717, 1.165) is 54.4 Å². The number of ether oxygens (including phenoxy) is 1. The molecule has 2 aliphatic rings. The lowest BCUT2D eigenvalue weighted by Crippen LogP contribution is -2.55. The molecule has 9 nitrogen and oxygen atoms in total. The molecule has 354 valence electrons. The van der Waals surface area contributed by atoms with Gasteiger partial charge in [0.15, 0.2) is 0 Å². The smallest absolute Gasteiger partial charge is 0.408 e. The largest absolute Gasteiger partial charge is 0.465 e. The Bertz CT molecular complexity index is 1540. The van der Waals surface area contributed by atoms with Gasteiger partial charge in [0, 0.05) is 37.0 Å². The van der Waals surface area contributed by atoms with Gasteiger partial charge < -0.3 is 25.6 Å². The van der Waals surface area contributed by atoms with Crippen LogP contribution in [-0.2, 0) is 14.3 Å². The Morgan fingerprint density at radius 2 is 1.17 bits per heavy atom. The Hall–Kier alpha value is -3.08. The molecule has 1 fully saturated rings. The predicted octanol–water partition coefficient (Wildman–Crippen LogP) is 12.4. The highest BCUT2D eigenvalue weighted by Gasteiger charge is 2.46. The molecule has 0 heterocycles. The quantitative estimate of drug-likeness (QED) is 0.0494. The summed E-state index contributed by atoms with van der Waals surface area (Å²) in [6.07, 6.45) is 29.6. The zero-order valence-corrected chi connectivity index (χ0v) is 40.2. The number of nitrogens with zero attached hydrogens (tertiary/aromatic N) is 1. The van der Waals surface area contributed by atoms with Gasteiger partial charge in [0.25, 0.3) is 0 Å². The van der Waals surface area contributed by atoms with Crippen LogP contribution in [0.25, 0.3) is 11.1 Å². The third-order valence-electron chi connectivity index (χ3n) is 13.2. The topological polar surface area (TPSA) is 128 Å².